The molecule has 0 saturated carbocycles. The van der Waals surface area contributed by atoms with E-state index in [2.05, 4.69) is 10.3 Å². The molecule has 0 fully saturated rings. The zero-order valence-electron chi connectivity index (χ0n) is 11.3. The predicted molar refractivity (Wildman–Crippen MR) is 82.9 cm³/mol. The molecular formula is C14H13ClN2O3S. The Morgan fingerprint density at radius 1 is 1.33 bits per heavy atom. The van der Waals surface area contributed by atoms with E-state index in [0.717, 1.165) is 16.9 Å². The number of alkyl halides is 1. The van der Waals surface area contributed by atoms with E-state index >= 15 is 0 Å². The van der Waals surface area contributed by atoms with Crippen molar-refractivity contribution in [3.63, 3.8) is 0 Å². The lowest BCUT2D eigenvalue weighted by molar-refractivity contribution is -0.113. The number of esters is 1. The summed E-state index contributed by atoms with van der Waals surface area (Å²) in [6.07, 6.45) is 0. The Kier molecular flexibility index (Phi) is 5.30. The van der Waals surface area contributed by atoms with E-state index in [1.807, 2.05) is 30.3 Å². The van der Waals surface area contributed by atoms with Crippen LogP contribution >= 0.6 is 22.9 Å². The molecule has 0 radical (unpaired) electrons. The van der Waals surface area contributed by atoms with E-state index in [4.69, 9.17) is 16.3 Å². The van der Waals surface area contributed by atoms with Gasteiger partial charge in [-0.05, 0) is 6.92 Å². The van der Waals surface area contributed by atoms with Crippen molar-refractivity contribution in [1.82, 2.24) is 4.98 Å². The fourth-order valence-electron chi connectivity index (χ4n) is 1.65. The Balaban J connectivity index is 2.41. The third-order valence-corrected chi connectivity index (χ3v) is 3.70. The van der Waals surface area contributed by atoms with E-state index in [1.54, 1.807) is 6.92 Å². The number of hydrogen-bond acceptors (Lipinski definition) is 5. The molecule has 1 aromatic heterocycles. The number of anilines is 1. The quantitative estimate of drug-likeness (QED) is 0.677. The minimum Gasteiger partial charge on any atom is -0.462 e. The van der Waals surface area contributed by atoms with Crippen molar-refractivity contribution in [2.45, 2.75) is 6.92 Å². The minimum atomic E-state index is -0.458. The first kappa shape index (κ1) is 15.5. The van der Waals surface area contributed by atoms with Gasteiger partial charge in [0.05, 0.1) is 12.3 Å². The Labute approximate surface area is 130 Å². The van der Waals surface area contributed by atoms with Crippen LogP contribution < -0.4 is 5.32 Å². The molecule has 0 aliphatic rings. The first-order valence-electron chi connectivity index (χ1n) is 6.25. The largest absolute Gasteiger partial charge is 0.462 e. The van der Waals surface area contributed by atoms with Gasteiger partial charge < -0.3 is 10.1 Å². The van der Waals surface area contributed by atoms with Gasteiger partial charge in [-0.3, -0.25) is 4.79 Å². The van der Waals surface area contributed by atoms with Crippen LogP contribution in [0.2, 0.25) is 0 Å². The summed E-state index contributed by atoms with van der Waals surface area (Å²) in [6.45, 7) is 2.01. The standard InChI is InChI=1S/C14H13ClN2O3S/c1-2-20-13(19)12-11(9-6-4-3-5-7-9)17-14(21-12)16-10(18)8-15/h3-7H,2,8H2,1H3,(H,16,17,18). The Morgan fingerprint density at radius 3 is 2.67 bits per heavy atom. The molecule has 1 heterocycles. The van der Waals surface area contributed by atoms with Crippen LogP contribution in [0, 0.1) is 0 Å². The number of halogens is 1. The van der Waals surface area contributed by atoms with Gasteiger partial charge in [0.25, 0.3) is 0 Å². The van der Waals surface area contributed by atoms with Crippen LogP contribution in [0.15, 0.2) is 30.3 Å². The summed E-state index contributed by atoms with van der Waals surface area (Å²) in [5.74, 6) is -1.00. The van der Waals surface area contributed by atoms with E-state index in [1.165, 1.54) is 0 Å². The fourth-order valence-corrected chi connectivity index (χ4v) is 2.62. The van der Waals surface area contributed by atoms with Gasteiger partial charge in [-0.1, -0.05) is 41.7 Å². The molecule has 0 spiro atoms. The molecule has 7 heteroatoms. The second-order valence-electron chi connectivity index (χ2n) is 3.97. The summed E-state index contributed by atoms with van der Waals surface area (Å²) in [7, 11) is 0. The van der Waals surface area contributed by atoms with Gasteiger partial charge in [0.2, 0.25) is 5.91 Å². The van der Waals surface area contributed by atoms with Crippen molar-refractivity contribution in [2.75, 3.05) is 17.8 Å². The van der Waals surface area contributed by atoms with Crippen molar-refractivity contribution < 1.29 is 14.3 Å². The summed E-state index contributed by atoms with van der Waals surface area (Å²) >= 11 is 6.52. The van der Waals surface area contributed by atoms with Crippen LogP contribution in [-0.2, 0) is 9.53 Å². The van der Waals surface area contributed by atoms with Gasteiger partial charge in [0.1, 0.15) is 10.8 Å². The molecule has 2 aromatic rings. The molecule has 21 heavy (non-hydrogen) atoms. The van der Waals surface area contributed by atoms with Crippen molar-refractivity contribution >= 4 is 39.9 Å². The van der Waals surface area contributed by atoms with E-state index in [-0.39, 0.29) is 18.4 Å². The molecule has 110 valence electrons. The summed E-state index contributed by atoms with van der Waals surface area (Å²) in [4.78, 5) is 28.0. The van der Waals surface area contributed by atoms with Gasteiger partial charge in [0.15, 0.2) is 5.13 Å². The van der Waals surface area contributed by atoms with Crippen molar-refractivity contribution in [3.05, 3.63) is 35.2 Å². The van der Waals surface area contributed by atoms with Crippen molar-refractivity contribution in [2.24, 2.45) is 0 Å². The second-order valence-corrected chi connectivity index (χ2v) is 5.23. The van der Waals surface area contributed by atoms with Gasteiger partial charge in [0, 0.05) is 5.56 Å². The van der Waals surface area contributed by atoms with Crippen LogP contribution in [0.5, 0.6) is 0 Å². The SMILES string of the molecule is CCOC(=O)c1sc(NC(=O)CCl)nc1-c1ccccc1. The highest BCUT2D eigenvalue weighted by Crippen LogP contribution is 2.31. The first-order chi connectivity index (χ1) is 10.2. The summed E-state index contributed by atoms with van der Waals surface area (Å²) in [5.41, 5.74) is 1.27. The molecule has 1 amide bonds. The van der Waals surface area contributed by atoms with Gasteiger partial charge in [-0.25, -0.2) is 9.78 Å². The lowest BCUT2D eigenvalue weighted by Crippen LogP contribution is -2.12. The lowest BCUT2D eigenvalue weighted by Gasteiger charge is -2.01. The van der Waals surface area contributed by atoms with Crippen LogP contribution in [0.1, 0.15) is 16.6 Å². The maximum atomic E-state index is 12.0. The average Bonchev–Trinajstić information content (AvgIpc) is 2.92. The topological polar surface area (TPSA) is 68.3 Å². The zero-order chi connectivity index (χ0) is 15.2. The third-order valence-electron chi connectivity index (χ3n) is 2.50. The molecule has 0 unspecified atom stereocenters. The number of ether oxygens (including phenoxy) is 1. The number of carbonyl (C=O) groups excluding carboxylic acids is 2. The van der Waals surface area contributed by atoms with Crippen LogP contribution in [-0.4, -0.2) is 29.3 Å². The number of hydrogen-bond donors (Lipinski definition) is 1. The Bertz CT molecular complexity index is 643. The Morgan fingerprint density at radius 2 is 2.05 bits per heavy atom. The van der Waals surface area contributed by atoms with E-state index in [0.29, 0.717) is 15.7 Å². The fraction of sp³-hybridized carbons (Fsp3) is 0.214. The van der Waals surface area contributed by atoms with E-state index in [9.17, 15) is 9.59 Å². The van der Waals surface area contributed by atoms with E-state index < -0.39 is 5.97 Å². The average molecular weight is 325 g/mol. The summed E-state index contributed by atoms with van der Waals surface area (Å²) in [6, 6.07) is 9.24. The molecule has 0 aliphatic heterocycles. The molecular weight excluding hydrogens is 312 g/mol. The Hall–Kier alpha value is -1.92. The zero-order valence-corrected chi connectivity index (χ0v) is 12.8. The molecule has 2 rings (SSSR count). The number of benzene rings is 1. The predicted octanol–water partition coefficient (Wildman–Crippen LogP) is 3.16. The van der Waals surface area contributed by atoms with Crippen molar-refractivity contribution in [3.8, 4) is 11.3 Å². The number of thiazole rings is 1. The number of carbonyl (C=O) groups is 2. The van der Waals surface area contributed by atoms with Gasteiger partial charge >= 0.3 is 5.97 Å². The minimum absolute atomic E-state index is 0.172. The third kappa shape index (κ3) is 3.80. The molecule has 1 aromatic carbocycles. The molecule has 0 aliphatic carbocycles. The smallest absolute Gasteiger partial charge is 0.350 e. The maximum absolute atomic E-state index is 12.0. The van der Waals surface area contributed by atoms with Gasteiger partial charge in [-0.15, -0.1) is 11.6 Å². The van der Waals surface area contributed by atoms with Gasteiger partial charge in [-0.2, -0.15) is 0 Å². The van der Waals surface area contributed by atoms with Crippen LogP contribution in [0.3, 0.4) is 0 Å². The first-order valence-corrected chi connectivity index (χ1v) is 7.60. The highest BCUT2D eigenvalue weighted by Gasteiger charge is 2.21. The second kappa shape index (κ2) is 7.19. The number of amides is 1. The number of aromatic nitrogens is 1. The van der Waals surface area contributed by atoms with Crippen LogP contribution in [0.25, 0.3) is 11.3 Å². The summed E-state index contributed by atoms with van der Waals surface area (Å²) in [5, 5.41) is 2.87. The number of rotatable bonds is 5. The normalized spacial score (nSPS) is 10.2. The number of nitrogens with one attached hydrogen (secondary N) is 1. The van der Waals surface area contributed by atoms with Crippen LogP contribution in [0.4, 0.5) is 5.13 Å². The highest BCUT2D eigenvalue weighted by molar-refractivity contribution is 7.18. The number of nitrogens with zero attached hydrogens (tertiary/aromatic N) is 1. The highest BCUT2D eigenvalue weighted by atomic mass is 35.5. The molecule has 5 nitrogen and oxygen atoms in total. The molecule has 0 saturated heterocycles. The molecule has 1 N–H and O–H groups in total. The summed E-state index contributed by atoms with van der Waals surface area (Å²) < 4.78 is 5.03. The van der Waals surface area contributed by atoms with Crippen molar-refractivity contribution in [1.29, 1.82) is 0 Å². The monoisotopic (exact) mass is 324 g/mol. The molecule has 0 bridgehead atoms. The maximum Gasteiger partial charge on any atom is 0.350 e. The molecule has 0 atom stereocenters. The lowest BCUT2D eigenvalue weighted by atomic mass is 10.1.